The van der Waals surface area contributed by atoms with Crippen molar-refractivity contribution in [2.75, 3.05) is 5.75 Å². The fraction of sp³-hybridized carbons (Fsp3) is 0.750. The van der Waals surface area contributed by atoms with Crippen molar-refractivity contribution in [1.29, 1.82) is 0 Å². The van der Waals surface area contributed by atoms with Crippen molar-refractivity contribution < 1.29 is 24.9 Å². The zero-order valence-electron chi connectivity index (χ0n) is 8.08. The SMILES string of the molecule is C[C@@H](O)[C@@H](C(=O)O)[C@@H]1NC(C(=O)O)CS1. The predicted octanol–water partition coefficient (Wildman–Crippen LogP) is -0.816. The van der Waals surface area contributed by atoms with Crippen LogP contribution in [0.4, 0.5) is 0 Å². The lowest BCUT2D eigenvalue weighted by atomic mass is 10.0. The van der Waals surface area contributed by atoms with Crippen molar-refractivity contribution in [3.05, 3.63) is 0 Å². The van der Waals surface area contributed by atoms with E-state index < -0.39 is 35.4 Å². The molecule has 1 aliphatic rings. The molecule has 86 valence electrons. The van der Waals surface area contributed by atoms with E-state index in [1.807, 2.05) is 0 Å². The van der Waals surface area contributed by atoms with Crippen molar-refractivity contribution in [2.24, 2.45) is 5.92 Å². The van der Waals surface area contributed by atoms with E-state index in [1.54, 1.807) is 0 Å². The molecule has 0 saturated carbocycles. The van der Waals surface area contributed by atoms with E-state index in [9.17, 15) is 14.7 Å². The molecule has 4 atom stereocenters. The number of aliphatic carboxylic acids is 2. The number of carboxylic acid groups (broad SMARTS) is 2. The summed E-state index contributed by atoms with van der Waals surface area (Å²) in [6.45, 7) is 1.38. The first kappa shape index (κ1) is 12.3. The van der Waals surface area contributed by atoms with Gasteiger partial charge in [-0.05, 0) is 6.92 Å². The van der Waals surface area contributed by atoms with Gasteiger partial charge in [0.2, 0.25) is 0 Å². The summed E-state index contributed by atoms with van der Waals surface area (Å²) in [4.78, 5) is 21.5. The molecule has 1 saturated heterocycles. The first-order chi connectivity index (χ1) is 6.93. The number of carbonyl (C=O) groups is 2. The van der Waals surface area contributed by atoms with Crippen LogP contribution in [0, 0.1) is 5.92 Å². The van der Waals surface area contributed by atoms with Gasteiger partial charge in [-0.2, -0.15) is 0 Å². The molecule has 0 bridgehead atoms. The van der Waals surface area contributed by atoms with Gasteiger partial charge in [0.25, 0.3) is 0 Å². The topological polar surface area (TPSA) is 107 Å². The molecule has 1 aliphatic heterocycles. The molecule has 0 radical (unpaired) electrons. The quantitative estimate of drug-likeness (QED) is 0.504. The van der Waals surface area contributed by atoms with Crippen LogP contribution in [0.2, 0.25) is 0 Å². The van der Waals surface area contributed by atoms with Gasteiger partial charge in [0, 0.05) is 5.75 Å². The summed E-state index contributed by atoms with van der Waals surface area (Å²) < 4.78 is 0. The first-order valence-corrected chi connectivity index (χ1v) is 5.49. The second kappa shape index (κ2) is 4.82. The highest BCUT2D eigenvalue weighted by Crippen LogP contribution is 2.27. The summed E-state index contributed by atoms with van der Waals surface area (Å²) in [5.74, 6) is -2.80. The summed E-state index contributed by atoms with van der Waals surface area (Å²) in [6, 6.07) is -0.736. The van der Waals surface area contributed by atoms with E-state index >= 15 is 0 Å². The Bertz CT molecular complexity index is 270. The monoisotopic (exact) mass is 235 g/mol. The first-order valence-electron chi connectivity index (χ1n) is 4.45. The van der Waals surface area contributed by atoms with Crippen LogP contribution < -0.4 is 5.32 Å². The average molecular weight is 235 g/mol. The van der Waals surface area contributed by atoms with Gasteiger partial charge in [-0.1, -0.05) is 0 Å². The van der Waals surface area contributed by atoms with Crippen molar-refractivity contribution in [3.8, 4) is 0 Å². The van der Waals surface area contributed by atoms with Crippen molar-refractivity contribution in [2.45, 2.75) is 24.4 Å². The van der Waals surface area contributed by atoms with Crippen LogP contribution >= 0.6 is 11.8 Å². The Morgan fingerprint density at radius 2 is 2.07 bits per heavy atom. The fourth-order valence-electron chi connectivity index (χ4n) is 1.43. The van der Waals surface area contributed by atoms with Gasteiger partial charge < -0.3 is 15.3 Å². The summed E-state index contributed by atoms with van der Waals surface area (Å²) in [7, 11) is 0. The standard InChI is InChI=1S/C8H13NO5S/c1-3(10)5(8(13)14)6-9-4(2-15-6)7(11)12/h3-6,9-10H,2H2,1H3,(H,11,12)(H,13,14)/t3-,4?,5-,6-/m1/s1. The number of rotatable bonds is 4. The largest absolute Gasteiger partial charge is 0.481 e. The van der Waals surface area contributed by atoms with E-state index in [-0.39, 0.29) is 0 Å². The van der Waals surface area contributed by atoms with Crippen molar-refractivity contribution in [1.82, 2.24) is 5.32 Å². The third-order valence-corrected chi connectivity index (χ3v) is 3.55. The third-order valence-electron chi connectivity index (χ3n) is 2.24. The van der Waals surface area contributed by atoms with Gasteiger partial charge in [-0.3, -0.25) is 14.9 Å². The average Bonchev–Trinajstić information content (AvgIpc) is 2.51. The van der Waals surface area contributed by atoms with E-state index in [0.717, 1.165) is 0 Å². The van der Waals surface area contributed by atoms with Gasteiger partial charge in [0.1, 0.15) is 12.0 Å². The molecule has 6 nitrogen and oxygen atoms in total. The van der Waals surface area contributed by atoms with Crippen LogP contribution in [0.15, 0.2) is 0 Å². The van der Waals surface area contributed by atoms with Crippen LogP contribution in [-0.2, 0) is 9.59 Å². The lowest BCUT2D eigenvalue weighted by Gasteiger charge is -2.21. The highest BCUT2D eigenvalue weighted by molar-refractivity contribution is 8.00. The normalized spacial score (nSPS) is 29.7. The minimum atomic E-state index is -1.12. The zero-order valence-corrected chi connectivity index (χ0v) is 8.90. The Labute approximate surface area is 90.7 Å². The Hall–Kier alpha value is -0.790. The number of aliphatic hydroxyl groups is 1. The molecule has 0 aromatic heterocycles. The molecule has 0 amide bonds. The van der Waals surface area contributed by atoms with Crippen molar-refractivity contribution >= 4 is 23.7 Å². The number of hydrogen-bond acceptors (Lipinski definition) is 5. The van der Waals surface area contributed by atoms with E-state index in [1.165, 1.54) is 18.7 Å². The molecule has 1 heterocycles. The molecule has 0 spiro atoms. The predicted molar refractivity (Wildman–Crippen MR) is 53.6 cm³/mol. The second-order valence-electron chi connectivity index (χ2n) is 3.42. The third kappa shape index (κ3) is 2.83. The maximum Gasteiger partial charge on any atom is 0.321 e. The number of thioether (sulfide) groups is 1. The number of nitrogens with one attached hydrogen (secondary N) is 1. The fourth-order valence-corrected chi connectivity index (χ4v) is 2.88. The van der Waals surface area contributed by atoms with Gasteiger partial charge in [-0.15, -0.1) is 11.8 Å². The Kier molecular flexibility index (Phi) is 3.95. The highest BCUT2D eigenvalue weighted by atomic mass is 32.2. The molecule has 0 aromatic carbocycles. The van der Waals surface area contributed by atoms with Crippen LogP contribution in [0.1, 0.15) is 6.92 Å². The summed E-state index contributed by atoms with van der Waals surface area (Å²) in [6.07, 6.45) is -1.01. The lowest BCUT2D eigenvalue weighted by molar-refractivity contribution is -0.146. The van der Waals surface area contributed by atoms with E-state index in [4.69, 9.17) is 10.2 Å². The van der Waals surface area contributed by atoms with Crippen LogP contribution in [0.5, 0.6) is 0 Å². The molecular weight excluding hydrogens is 222 g/mol. The Morgan fingerprint density at radius 1 is 1.47 bits per heavy atom. The summed E-state index contributed by atoms with van der Waals surface area (Å²) in [5, 5.41) is 29.0. The highest BCUT2D eigenvalue weighted by Gasteiger charge is 2.39. The number of carboxylic acids is 2. The molecule has 15 heavy (non-hydrogen) atoms. The van der Waals surface area contributed by atoms with Gasteiger partial charge in [0.05, 0.1) is 11.5 Å². The van der Waals surface area contributed by atoms with Gasteiger partial charge in [0.15, 0.2) is 0 Å². The smallest absolute Gasteiger partial charge is 0.321 e. The minimum absolute atomic E-state index is 0.316. The molecule has 4 N–H and O–H groups in total. The lowest BCUT2D eigenvalue weighted by Crippen LogP contribution is -2.45. The Balaban J connectivity index is 2.65. The second-order valence-corrected chi connectivity index (χ2v) is 4.59. The van der Waals surface area contributed by atoms with Gasteiger partial charge in [-0.25, -0.2) is 0 Å². The molecule has 7 heteroatoms. The molecule has 1 fully saturated rings. The molecule has 1 rings (SSSR count). The number of aliphatic hydroxyl groups excluding tert-OH is 1. The maximum atomic E-state index is 10.8. The maximum absolute atomic E-state index is 10.8. The van der Waals surface area contributed by atoms with Crippen LogP contribution in [-0.4, -0.2) is 50.5 Å². The molecule has 0 aromatic rings. The number of hydrogen-bond donors (Lipinski definition) is 4. The van der Waals surface area contributed by atoms with Crippen molar-refractivity contribution in [3.63, 3.8) is 0 Å². The Morgan fingerprint density at radius 3 is 2.40 bits per heavy atom. The summed E-state index contributed by atoms with van der Waals surface area (Å²) in [5.41, 5.74) is 0. The summed E-state index contributed by atoms with van der Waals surface area (Å²) >= 11 is 1.21. The molecule has 0 aliphatic carbocycles. The van der Waals surface area contributed by atoms with E-state index in [2.05, 4.69) is 5.32 Å². The molecule has 1 unspecified atom stereocenters. The van der Waals surface area contributed by atoms with Crippen LogP contribution in [0.3, 0.4) is 0 Å². The van der Waals surface area contributed by atoms with E-state index in [0.29, 0.717) is 5.75 Å². The minimum Gasteiger partial charge on any atom is -0.481 e. The zero-order chi connectivity index (χ0) is 11.6. The van der Waals surface area contributed by atoms with Gasteiger partial charge >= 0.3 is 11.9 Å². The molecular formula is C8H13NO5S. The van der Waals surface area contributed by atoms with Crippen LogP contribution in [0.25, 0.3) is 0 Å².